The number of hydrogen-bond donors (Lipinski definition) is 2. The molecule has 0 spiro atoms. The number of carbonyl (C=O) groups is 2. The molecular weight excluding hydrogens is 472 g/mol. The summed E-state index contributed by atoms with van der Waals surface area (Å²) in [5.41, 5.74) is 6.84. The summed E-state index contributed by atoms with van der Waals surface area (Å²) < 4.78 is 19.6. The topological polar surface area (TPSA) is 110 Å². The van der Waals surface area contributed by atoms with Crippen molar-refractivity contribution < 1.29 is 18.7 Å². The number of rotatable bonds is 5. The van der Waals surface area contributed by atoms with E-state index in [2.05, 4.69) is 15.5 Å². The van der Waals surface area contributed by atoms with Gasteiger partial charge in [-0.05, 0) is 42.5 Å². The molecule has 0 unspecified atom stereocenters. The van der Waals surface area contributed by atoms with E-state index in [4.69, 9.17) is 22.1 Å². The van der Waals surface area contributed by atoms with Crippen molar-refractivity contribution in [3.63, 3.8) is 0 Å². The van der Waals surface area contributed by atoms with E-state index in [1.807, 2.05) is 0 Å². The van der Waals surface area contributed by atoms with Gasteiger partial charge >= 0.3 is 0 Å². The SMILES string of the molecule is Cl.NC(=O)c1nnc(-c2c(F)cccc2Cl)cc1Nc1ccc(C(=O)N2CCOCC2)cc1. The number of hydrogen-bond acceptors (Lipinski definition) is 6. The molecule has 172 valence electrons. The first-order valence-corrected chi connectivity index (χ1v) is 10.2. The van der Waals surface area contributed by atoms with Gasteiger partial charge in [-0.2, -0.15) is 0 Å². The van der Waals surface area contributed by atoms with E-state index in [1.165, 1.54) is 24.3 Å². The lowest BCUT2D eigenvalue weighted by molar-refractivity contribution is 0.0303. The van der Waals surface area contributed by atoms with Crippen molar-refractivity contribution in [3.05, 3.63) is 70.6 Å². The van der Waals surface area contributed by atoms with Crippen molar-refractivity contribution in [3.8, 4) is 11.3 Å². The van der Waals surface area contributed by atoms with Gasteiger partial charge in [-0.15, -0.1) is 22.6 Å². The fourth-order valence-corrected chi connectivity index (χ4v) is 3.59. The van der Waals surface area contributed by atoms with E-state index in [0.717, 1.165) is 0 Å². The molecule has 1 saturated heterocycles. The smallest absolute Gasteiger partial charge is 0.271 e. The normalized spacial score (nSPS) is 13.2. The molecule has 1 fully saturated rings. The van der Waals surface area contributed by atoms with Gasteiger partial charge in [-0.25, -0.2) is 4.39 Å². The molecule has 0 bridgehead atoms. The predicted octanol–water partition coefficient (Wildman–Crippen LogP) is 3.67. The zero-order chi connectivity index (χ0) is 22.7. The third-order valence-corrected chi connectivity index (χ3v) is 5.27. The summed E-state index contributed by atoms with van der Waals surface area (Å²) in [7, 11) is 0. The minimum Gasteiger partial charge on any atom is -0.378 e. The summed E-state index contributed by atoms with van der Waals surface area (Å²) in [6.45, 7) is 2.13. The van der Waals surface area contributed by atoms with Gasteiger partial charge in [0, 0.05) is 24.3 Å². The van der Waals surface area contributed by atoms with Crippen molar-refractivity contribution in [2.75, 3.05) is 31.6 Å². The number of benzene rings is 2. The van der Waals surface area contributed by atoms with Gasteiger partial charge in [0.05, 0.1) is 35.2 Å². The molecule has 0 aliphatic carbocycles. The lowest BCUT2D eigenvalue weighted by Gasteiger charge is -2.26. The molecule has 4 rings (SSSR count). The van der Waals surface area contributed by atoms with Gasteiger partial charge < -0.3 is 20.7 Å². The standard InChI is InChI=1S/C22H19ClFN5O3.ClH/c23-15-2-1-3-16(24)19(15)17-12-18(20(21(25)30)28-27-17)26-14-6-4-13(5-7-14)22(31)29-8-10-32-11-9-29;/h1-7,12H,8-11H2,(H2,25,30)(H,26,27);1H. The maximum absolute atomic E-state index is 14.3. The van der Waals surface area contributed by atoms with Crippen LogP contribution in [0.1, 0.15) is 20.8 Å². The van der Waals surface area contributed by atoms with E-state index >= 15 is 0 Å². The highest BCUT2D eigenvalue weighted by molar-refractivity contribution is 6.33. The summed E-state index contributed by atoms with van der Waals surface area (Å²) in [5.74, 6) is -1.46. The average molecular weight is 492 g/mol. The monoisotopic (exact) mass is 491 g/mol. The Morgan fingerprint density at radius 3 is 2.42 bits per heavy atom. The Kier molecular flexibility index (Phi) is 7.80. The fourth-order valence-electron chi connectivity index (χ4n) is 3.33. The largest absolute Gasteiger partial charge is 0.378 e. The number of amides is 2. The zero-order valence-corrected chi connectivity index (χ0v) is 18.8. The van der Waals surface area contributed by atoms with Gasteiger partial charge in [-0.1, -0.05) is 17.7 Å². The Labute approximate surface area is 200 Å². The summed E-state index contributed by atoms with van der Waals surface area (Å²) >= 11 is 6.13. The second kappa shape index (κ2) is 10.6. The molecule has 0 atom stereocenters. The third-order valence-electron chi connectivity index (χ3n) is 4.96. The number of aromatic nitrogens is 2. The first-order chi connectivity index (χ1) is 15.4. The maximum atomic E-state index is 14.3. The quantitative estimate of drug-likeness (QED) is 0.563. The molecule has 1 aliphatic heterocycles. The molecule has 1 aliphatic rings. The van der Waals surface area contributed by atoms with Crippen molar-refractivity contribution in [2.24, 2.45) is 5.73 Å². The predicted molar refractivity (Wildman–Crippen MR) is 125 cm³/mol. The molecule has 2 heterocycles. The lowest BCUT2D eigenvalue weighted by Crippen LogP contribution is -2.40. The lowest BCUT2D eigenvalue weighted by atomic mass is 10.1. The van der Waals surface area contributed by atoms with Crippen LogP contribution in [0.25, 0.3) is 11.3 Å². The van der Waals surface area contributed by atoms with Crippen LogP contribution in [0.15, 0.2) is 48.5 Å². The van der Waals surface area contributed by atoms with Crippen molar-refractivity contribution in [1.82, 2.24) is 15.1 Å². The Balaban J connectivity index is 0.00000306. The number of halogens is 3. The number of nitrogens with one attached hydrogen (secondary N) is 1. The summed E-state index contributed by atoms with van der Waals surface area (Å²) in [6, 6.07) is 12.4. The van der Waals surface area contributed by atoms with Crippen LogP contribution in [0.3, 0.4) is 0 Å². The Morgan fingerprint density at radius 2 is 1.79 bits per heavy atom. The molecule has 33 heavy (non-hydrogen) atoms. The molecule has 11 heteroatoms. The molecular formula is C22H20Cl2FN5O3. The Hall–Kier alpha value is -3.27. The summed E-state index contributed by atoms with van der Waals surface area (Å²) in [4.78, 5) is 26.2. The first-order valence-electron chi connectivity index (χ1n) is 9.80. The molecule has 8 nitrogen and oxygen atoms in total. The van der Waals surface area contributed by atoms with Crippen LogP contribution < -0.4 is 11.1 Å². The van der Waals surface area contributed by atoms with Crippen LogP contribution in [0.4, 0.5) is 15.8 Å². The van der Waals surface area contributed by atoms with E-state index in [1.54, 1.807) is 29.2 Å². The number of morpholine rings is 1. The van der Waals surface area contributed by atoms with Crippen LogP contribution in [-0.2, 0) is 4.74 Å². The minimum absolute atomic E-state index is 0. The number of ether oxygens (including phenoxy) is 1. The van der Waals surface area contributed by atoms with Crippen LogP contribution in [0.5, 0.6) is 0 Å². The molecule has 0 saturated carbocycles. The van der Waals surface area contributed by atoms with E-state index in [-0.39, 0.29) is 46.0 Å². The average Bonchev–Trinajstić information content (AvgIpc) is 2.79. The molecule has 3 N–H and O–H groups in total. The Bertz CT molecular complexity index is 1150. The number of nitrogens with zero attached hydrogens (tertiary/aromatic N) is 3. The number of nitrogens with two attached hydrogens (primary N) is 1. The third kappa shape index (κ3) is 5.39. The van der Waals surface area contributed by atoms with Crippen molar-refractivity contribution >= 4 is 47.2 Å². The van der Waals surface area contributed by atoms with E-state index in [0.29, 0.717) is 37.6 Å². The first kappa shape index (κ1) is 24.4. The zero-order valence-electron chi connectivity index (χ0n) is 17.3. The second-order valence-corrected chi connectivity index (χ2v) is 7.47. The molecule has 2 amide bonds. The molecule has 0 radical (unpaired) electrons. The second-order valence-electron chi connectivity index (χ2n) is 7.06. The fraction of sp³-hybridized carbons (Fsp3) is 0.182. The molecule has 1 aromatic heterocycles. The number of primary amides is 1. The maximum Gasteiger partial charge on any atom is 0.271 e. The summed E-state index contributed by atoms with van der Waals surface area (Å²) in [6.07, 6.45) is 0. The molecule has 2 aromatic carbocycles. The number of anilines is 2. The van der Waals surface area contributed by atoms with Gasteiger partial charge in [-0.3, -0.25) is 9.59 Å². The highest BCUT2D eigenvalue weighted by Crippen LogP contribution is 2.31. The van der Waals surface area contributed by atoms with Crippen LogP contribution in [0, 0.1) is 5.82 Å². The number of carbonyl (C=O) groups excluding carboxylic acids is 2. The van der Waals surface area contributed by atoms with E-state index < -0.39 is 11.7 Å². The van der Waals surface area contributed by atoms with Gasteiger partial charge in [0.25, 0.3) is 11.8 Å². The minimum atomic E-state index is -0.801. The highest BCUT2D eigenvalue weighted by atomic mass is 35.5. The van der Waals surface area contributed by atoms with Crippen molar-refractivity contribution in [2.45, 2.75) is 0 Å². The highest BCUT2D eigenvalue weighted by Gasteiger charge is 2.20. The van der Waals surface area contributed by atoms with Crippen molar-refractivity contribution in [1.29, 1.82) is 0 Å². The van der Waals surface area contributed by atoms with Gasteiger partial charge in [0.1, 0.15) is 5.82 Å². The van der Waals surface area contributed by atoms with E-state index in [9.17, 15) is 14.0 Å². The Morgan fingerprint density at radius 1 is 1.09 bits per heavy atom. The summed E-state index contributed by atoms with van der Waals surface area (Å²) in [5, 5.41) is 11.0. The molecule has 3 aromatic rings. The van der Waals surface area contributed by atoms with Gasteiger partial charge in [0.2, 0.25) is 0 Å². The van der Waals surface area contributed by atoms with Crippen LogP contribution in [0.2, 0.25) is 5.02 Å². The van der Waals surface area contributed by atoms with Crippen LogP contribution in [-0.4, -0.2) is 53.2 Å². The van der Waals surface area contributed by atoms with Crippen LogP contribution >= 0.6 is 24.0 Å². The van der Waals surface area contributed by atoms with Gasteiger partial charge in [0.15, 0.2) is 5.69 Å².